The fraction of sp³-hybridized carbons (Fsp3) is 0.154. The topological polar surface area (TPSA) is 32.6 Å². The van der Waals surface area contributed by atoms with Crippen LogP contribution < -0.4 is 0 Å². The van der Waals surface area contributed by atoms with Gasteiger partial charge in [0.05, 0.1) is 0 Å². The number of thiophene rings is 1. The van der Waals surface area contributed by atoms with Gasteiger partial charge in [-0.2, -0.15) is 0 Å². The fourth-order valence-electron chi connectivity index (χ4n) is 1.53. The molecule has 0 aliphatic carbocycles. The summed E-state index contributed by atoms with van der Waals surface area (Å²) in [4.78, 5) is 5.39. The predicted molar refractivity (Wildman–Crippen MR) is 69.2 cm³/mol. The first-order chi connectivity index (χ1) is 7.66. The van der Waals surface area contributed by atoms with E-state index in [-0.39, 0.29) is 5.75 Å². The summed E-state index contributed by atoms with van der Waals surface area (Å²) in [6.45, 7) is 3.88. The van der Waals surface area contributed by atoms with E-state index in [1.807, 2.05) is 43.5 Å². The van der Waals surface area contributed by atoms with Gasteiger partial charge in [-0.25, -0.2) is 0 Å². The van der Waals surface area contributed by atoms with Gasteiger partial charge in [0, 0.05) is 11.1 Å². The average Bonchev–Trinajstić information content (AvgIpc) is 2.74. The summed E-state index contributed by atoms with van der Waals surface area (Å²) in [5.74, 6) is 0.262. The summed E-state index contributed by atoms with van der Waals surface area (Å²) >= 11 is 1.63. The van der Waals surface area contributed by atoms with Crippen LogP contribution in [0.2, 0.25) is 0 Å². The normalized spacial score (nSPS) is 11.1. The third kappa shape index (κ3) is 2.31. The molecule has 1 N–H and O–H groups in total. The maximum atomic E-state index is 9.84. The first-order valence-electron chi connectivity index (χ1n) is 5.04. The zero-order valence-electron chi connectivity index (χ0n) is 9.27. The molecule has 0 saturated heterocycles. The molecule has 0 aliphatic rings. The standard InChI is InChI=1S/C13H13NOS/c1-9-6-10(2)13(15)12(7-9)14-8-11-4-3-5-16-11/h3-8,15H,1-2H3. The molecular weight excluding hydrogens is 218 g/mol. The Morgan fingerprint density at radius 2 is 2.12 bits per heavy atom. The van der Waals surface area contributed by atoms with E-state index in [9.17, 15) is 5.11 Å². The molecule has 1 aromatic heterocycles. The van der Waals surface area contributed by atoms with E-state index in [1.165, 1.54) is 0 Å². The average molecular weight is 231 g/mol. The van der Waals surface area contributed by atoms with Crippen molar-refractivity contribution in [2.75, 3.05) is 0 Å². The lowest BCUT2D eigenvalue weighted by atomic mass is 10.1. The summed E-state index contributed by atoms with van der Waals surface area (Å²) in [7, 11) is 0. The van der Waals surface area contributed by atoms with E-state index >= 15 is 0 Å². The van der Waals surface area contributed by atoms with Gasteiger partial charge in [-0.05, 0) is 42.5 Å². The van der Waals surface area contributed by atoms with Crippen LogP contribution in [0, 0.1) is 13.8 Å². The third-order valence-corrected chi connectivity index (χ3v) is 3.11. The maximum absolute atomic E-state index is 9.84. The molecule has 0 unspecified atom stereocenters. The summed E-state index contributed by atoms with van der Waals surface area (Å²) in [6, 6.07) is 7.80. The molecule has 82 valence electrons. The van der Waals surface area contributed by atoms with Crippen LogP contribution in [-0.2, 0) is 0 Å². The molecule has 3 heteroatoms. The zero-order chi connectivity index (χ0) is 11.5. The Bertz CT molecular complexity index is 515. The van der Waals surface area contributed by atoms with Crippen molar-refractivity contribution >= 4 is 23.2 Å². The van der Waals surface area contributed by atoms with E-state index in [4.69, 9.17) is 0 Å². The Kier molecular flexibility index (Phi) is 3.06. The number of hydrogen-bond donors (Lipinski definition) is 1. The minimum absolute atomic E-state index is 0.262. The smallest absolute Gasteiger partial charge is 0.144 e. The molecule has 0 radical (unpaired) electrons. The molecule has 0 saturated carbocycles. The van der Waals surface area contributed by atoms with Crippen molar-refractivity contribution in [3.05, 3.63) is 45.6 Å². The lowest BCUT2D eigenvalue weighted by Crippen LogP contribution is -1.80. The van der Waals surface area contributed by atoms with E-state index in [2.05, 4.69) is 4.99 Å². The Hall–Kier alpha value is -1.61. The van der Waals surface area contributed by atoms with E-state index in [0.717, 1.165) is 16.0 Å². The Morgan fingerprint density at radius 3 is 2.81 bits per heavy atom. The van der Waals surface area contributed by atoms with Gasteiger partial charge in [0.25, 0.3) is 0 Å². The number of aliphatic imine (C=N–C) groups is 1. The van der Waals surface area contributed by atoms with Gasteiger partial charge in [0.2, 0.25) is 0 Å². The highest BCUT2D eigenvalue weighted by molar-refractivity contribution is 7.11. The first-order valence-corrected chi connectivity index (χ1v) is 5.92. The van der Waals surface area contributed by atoms with Crippen molar-refractivity contribution in [1.29, 1.82) is 0 Å². The maximum Gasteiger partial charge on any atom is 0.144 e. The highest BCUT2D eigenvalue weighted by Crippen LogP contribution is 2.31. The van der Waals surface area contributed by atoms with Gasteiger partial charge in [0.1, 0.15) is 11.4 Å². The van der Waals surface area contributed by atoms with Gasteiger partial charge >= 0.3 is 0 Å². The second kappa shape index (κ2) is 4.49. The molecule has 2 rings (SSSR count). The highest BCUT2D eigenvalue weighted by atomic mass is 32.1. The van der Waals surface area contributed by atoms with Gasteiger partial charge < -0.3 is 5.11 Å². The van der Waals surface area contributed by atoms with Crippen LogP contribution in [0.3, 0.4) is 0 Å². The lowest BCUT2D eigenvalue weighted by molar-refractivity contribution is 0.472. The first kappa shape index (κ1) is 10.9. The molecule has 16 heavy (non-hydrogen) atoms. The number of benzene rings is 1. The van der Waals surface area contributed by atoms with Gasteiger partial charge in [-0.1, -0.05) is 12.1 Å². The summed E-state index contributed by atoms with van der Waals surface area (Å²) < 4.78 is 0. The molecule has 0 aliphatic heterocycles. The Balaban J connectivity index is 2.34. The number of phenols is 1. The molecule has 2 aromatic rings. The number of hydrogen-bond acceptors (Lipinski definition) is 3. The lowest BCUT2D eigenvalue weighted by Gasteiger charge is -2.04. The van der Waals surface area contributed by atoms with Crippen molar-refractivity contribution < 1.29 is 5.11 Å². The third-order valence-electron chi connectivity index (χ3n) is 2.30. The predicted octanol–water partition coefficient (Wildman–Crippen LogP) is 3.82. The van der Waals surface area contributed by atoms with E-state index in [0.29, 0.717) is 5.69 Å². The van der Waals surface area contributed by atoms with Crippen LogP contribution in [0.5, 0.6) is 5.75 Å². The van der Waals surface area contributed by atoms with Crippen molar-refractivity contribution in [3.8, 4) is 5.75 Å². The van der Waals surface area contributed by atoms with Crippen LogP contribution >= 0.6 is 11.3 Å². The summed E-state index contributed by atoms with van der Waals surface area (Å²) in [6.07, 6.45) is 1.78. The van der Waals surface area contributed by atoms with Crippen molar-refractivity contribution in [3.63, 3.8) is 0 Å². The molecule has 0 amide bonds. The monoisotopic (exact) mass is 231 g/mol. The molecule has 2 nitrogen and oxygen atoms in total. The molecule has 0 bridgehead atoms. The van der Waals surface area contributed by atoms with E-state index in [1.54, 1.807) is 17.6 Å². The number of rotatable bonds is 2. The second-order valence-corrected chi connectivity index (χ2v) is 4.70. The van der Waals surface area contributed by atoms with Gasteiger partial charge in [-0.3, -0.25) is 4.99 Å². The summed E-state index contributed by atoms with van der Waals surface area (Å²) in [5, 5.41) is 11.8. The molecule has 0 fully saturated rings. The van der Waals surface area contributed by atoms with Gasteiger partial charge in [-0.15, -0.1) is 11.3 Å². The SMILES string of the molecule is Cc1cc(C)c(O)c(N=Cc2cccs2)c1. The minimum Gasteiger partial charge on any atom is -0.505 e. The molecule has 0 spiro atoms. The number of nitrogens with zero attached hydrogens (tertiary/aromatic N) is 1. The number of phenolic OH excluding ortho intramolecular Hbond substituents is 1. The number of aryl methyl sites for hydroxylation is 2. The number of aromatic hydroxyl groups is 1. The van der Waals surface area contributed by atoms with Gasteiger partial charge in [0.15, 0.2) is 0 Å². The van der Waals surface area contributed by atoms with Crippen LogP contribution in [-0.4, -0.2) is 11.3 Å². The largest absolute Gasteiger partial charge is 0.505 e. The zero-order valence-corrected chi connectivity index (χ0v) is 10.1. The molecule has 1 heterocycles. The van der Waals surface area contributed by atoms with Crippen molar-refractivity contribution in [2.24, 2.45) is 4.99 Å². The minimum atomic E-state index is 0.262. The van der Waals surface area contributed by atoms with Crippen molar-refractivity contribution in [2.45, 2.75) is 13.8 Å². The molecular formula is C13H13NOS. The molecule has 1 aromatic carbocycles. The van der Waals surface area contributed by atoms with Crippen LogP contribution in [0.15, 0.2) is 34.6 Å². The Morgan fingerprint density at radius 1 is 1.31 bits per heavy atom. The van der Waals surface area contributed by atoms with E-state index < -0.39 is 0 Å². The fourth-order valence-corrected chi connectivity index (χ4v) is 2.12. The second-order valence-electron chi connectivity index (χ2n) is 3.72. The van der Waals surface area contributed by atoms with Crippen LogP contribution in [0.25, 0.3) is 0 Å². The molecule has 0 atom stereocenters. The van der Waals surface area contributed by atoms with Crippen LogP contribution in [0.1, 0.15) is 16.0 Å². The Labute approximate surface area is 98.9 Å². The van der Waals surface area contributed by atoms with Crippen LogP contribution in [0.4, 0.5) is 5.69 Å². The summed E-state index contributed by atoms with van der Waals surface area (Å²) in [5.41, 5.74) is 2.60. The van der Waals surface area contributed by atoms with Crippen molar-refractivity contribution in [1.82, 2.24) is 0 Å². The quantitative estimate of drug-likeness (QED) is 0.783. The highest BCUT2D eigenvalue weighted by Gasteiger charge is 2.03.